The fourth-order valence-electron chi connectivity index (χ4n) is 2.50. The minimum Gasteiger partial charge on any atom is -0.332 e. The van der Waals surface area contributed by atoms with Crippen molar-refractivity contribution in [2.75, 3.05) is 5.32 Å². The number of hydrogen-bond donors (Lipinski definition) is 2. The Labute approximate surface area is 145 Å². The molecule has 0 saturated heterocycles. The van der Waals surface area contributed by atoms with Gasteiger partial charge in [-0.3, -0.25) is 4.79 Å². The second-order valence-electron chi connectivity index (χ2n) is 5.43. The number of rotatable bonds is 6. The molecule has 24 heavy (non-hydrogen) atoms. The zero-order chi connectivity index (χ0) is 16.9. The quantitative estimate of drug-likeness (QED) is 0.665. The second kappa shape index (κ2) is 7.49. The molecule has 0 saturated carbocycles. The summed E-state index contributed by atoms with van der Waals surface area (Å²) in [5.41, 5.74) is 3.58. The van der Waals surface area contributed by atoms with Crippen molar-refractivity contribution in [1.82, 2.24) is 15.0 Å². The number of nitrogens with zero attached hydrogens (tertiary/aromatic N) is 2. The van der Waals surface area contributed by atoms with Crippen molar-refractivity contribution in [1.29, 1.82) is 0 Å². The summed E-state index contributed by atoms with van der Waals surface area (Å²) in [5, 5.41) is 3.55. The summed E-state index contributed by atoms with van der Waals surface area (Å²) in [5.74, 6) is -0.00295. The molecule has 3 aromatic rings. The van der Waals surface area contributed by atoms with Crippen LogP contribution in [-0.2, 0) is 11.2 Å². The number of H-pyrrole nitrogens is 1. The van der Waals surface area contributed by atoms with Crippen LogP contribution in [0.2, 0.25) is 0 Å². The number of carbonyl (C=O) groups is 1. The van der Waals surface area contributed by atoms with E-state index in [-0.39, 0.29) is 11.2 Å². The summed E-state index contributed by atoms with van der Waals surface area (Å²) >= 11 is 1.44. The van der Waals surface area contributed by atoms with Gasteiger partial charge < -0.3 is 10.3 Å². The van der Waals surface area contributed by atoms with Crippen LogP contribution >= 0.6 is 11.8 Å². The number of fused-ring (bicyclic) bond motifs is 1. The first-order chi connectivity index (χ1) is 11.7. The first-order valence-corrected chi connectivity index (χ1v) is 8.95. The minimum atomic E-state index is -0.213. The molecule has 2 aromatic heterocycles. The van der Waals surface area contributed by atoms with Crippen molar-refractivity contribution in [3.05, 3.63) is 48.2 Å². The highest BCUT2D eigenvalue weighted by Crippen LogP contribution is 2.26. The fourth-order valence-corrected chi connectivity index (χ4v) is 3.41. The van der Waals surface area contributed by atoms with Gasteiger partial charge in [0.05, 0.1) is 10.8 Å². The molecule has 0 aliphatic carbocycles. The van der Waals surface area contributed by atoms with Gasteiger partial charge in [-0.25, -0.2) is 9.97 Å². The Morgan fingerprint density at radius 2 is 2.08 bits per heavy atom. The number of amides is 1. The van der Waals surface area contributed by atoms with Gasteiger partial charge in [0.1, 0.15) is 0 Å². The molecule has 0 aliphatic rings. The van der Waals surface area contributed by atoms with Crippen LogP contribution in [-0.4, -0.2) is 26.1 Å². The number of imidazole rings is 1. The van der Waals surface area contributed by atoms with Gasteiger partial charge in [0.25, 0.3) is 0 Å². The number of thioether (sulfide) groups is 1. The van der Waals surface area contributed by atoms with Gasteiger partial charge >= 0.3 is 0 Å². The number of anilines is 1. The molecule has 1 unspecified atom stereocenters. The molecular formula is C18H20N4OS. The zero-order valence-corrected chi connectivity index (χ0v) is 14.6. The van der Waals surface area contributed by atoms with E-state index in [4.69, 9.17) is 0 Å². The number of aromatic amines is 1. The summed E-state index contributed by atoms with van der Waals surface area (Å²) in [7, 11) is 0. The Hall–Kier alpha value is -2.34. The van der Waals surface area contributed by atoms with E-state index in [0.717, 1.165) is 34.8 Å². The lowest BCUT2D eigenvalue weighted by atomic mass is 10.1. The Morgan fingerprint density at radius 1 is 1.25 bits per heavy atom. The molecular weight excluding hydrogens is 320 g/mol. The molecule has 0 spiro atoms. The van der Waals surface area contributed by atoms with Crippen LogP contribution in [0.1, 0.15) is 25.8 Å². The highest BCUT2D eigenvalue weighted by atomic mass is 32.2. The molecule has 6 heteroatoms. The lowest BCUT2D eigenvalue weighted by Gasteiger charge is -2.15. The van der Waals surface area contributed by atoms with Gasteiger partial charge in [-0.15, -0.1) is 0 Å². The highest BCUT2D eigenvalue weighted by Gasteiger charge is 2.20. The minimum absolute atomic E-state index is 0.00295. The summed E-state index contributed by atoms with van der Waals surface area (Å²) < 4.78 is 0. The average Bonchev–Trinajstić information content (AvgIpc) is 3.02. The van der Waals surface area contributed by atoms with Gasteiger partial charge in [-0.05, 0) is 36.6 Å². The number of benzene rings is 1. The van der Waals surface area contributed by atoms with E-state index in [1.165, 1.54) is 11.8 Å². The number of carbonyl (C=O) groups excluding carboxylic acids is 1. The van der Waals surface area contributed by atoms with E-state index in [2.05, 4.69) is 27.2 Å². The second-order valence-corrected chi connectivity index (χ2v) is 6.62. The van der Waals surface area contributed by atoms with Crippen molar-refractivity contribution in [3.8, 4) is 0 Å². The number of aryl methyl sites for hydroxylation is 1. The molecule has 0 radical (unpaired) electrons. The average molecular weight is 340 g/mol. The molecule has 0 bridgehead atoms. The smallest absolute Gasteiger partial charge is 0.237 e. The van der Waals surface area contributed by atoms with Crippen molar-refractivity contribution in [3.63, 3.8) is 0 Å². The van der Waals surface area contributed by atoms with Crippen molar-refractivity contribution in [2.24, 2.45) is 0 Å². The van der Waals surface area contributed by atoms with Gasteiger partial charge in [0.2, 0.25) is 5.91 Å². The predicted molar refractivity (Wildman–Crippen MR) is 98.3 cm³/mol. The number of para-hydroxylation sites is 1. The maximum atomic E-state index is 12.6. The van der Waals surface area contributed by atoms with Crippen molar-refractivity contribution < 1.29 is 4.79 Å². The normalized spacial score (nSPS) is 12.2. The van der Waals surface area contributed by atoms with Crippen LogP contribution in [0.4, 0.5) is 5.69 Å². The van der Waals surface area contributed by atoms with Crippen LogP contribution < -0.4 is 5.32 Å². The van der Waals surface area contributed by atoms with Gasteiger partial charge in [0.15, 0.2) is 10.8 Å². The predicted octanol–water partition coefficient (Wildman–Crippen LogP) is 4.03. The van der Waals surface area contributed by atoms with Gasteiger partial charge in [-0.1, -0.05) is 43.8 Å². The van der Waals surface area contributed by atoms with Crippen LogP contribution in [0.25, 0.3) is 11.2 Å². The topological polar surface area (TPSA) is 70.7 Å². The summed E-state index contributed by atoms with van der Waals surface area (Å²) in [4.78, 5) is 24.5. The van der Waals surface area contributed by atoms with Gasteiger partial charge in [0, 0.05) is 11.9 Å². The number of aromatic nitrogens is 3. The Balaban J connectivity index is 1.74. The maximum Gasteiger partial charge on any atom is 0.237 e. The number of hydrogen-bond acceptors (Lipinski definition) is 4. The summed E-state index contributed by atoms with van der Waals surface area (Å²) in [6, 6.07) is 11.7. The first kappa shape index (κ1) is 16.5. The molecule has 1 aromatic carbocycles. The Morgan fingerprint density at radius 3 is 2.83 bits per heavy atom. The van der Waals surface area contributed by atoms with E-state index in [1.807, 2.05) is 43.3 Å². The maximum absolute atomic E-state index is 12.6. The molecule has 124 valence electrons. The zero-order valence-electron chi connectivity index (χ0n) is 13.7. The van der Waals surface area contributed by atoms with Crippen LogP contribution in [0, 0.1) is 0 Å². The third kappa shape index (κ3) is 3.59. The lowest BCUT2D eigenvalue weighted by molar-refractivity contribution is -0.115. The molecule has 0 fully saturated rings. The summed E-state index contributed by atoms with van der Waals surface area (Å²) in [6.07, 6.45) is 3.31. The fraction of sp³-hybridized carbons (Fsp3) is 0.278. The molecule has 2 heterocycles. The molecule has 0 aliphatic heterocycles. The van der Waals surface area contributed by atoms with E-state index < -0.39 is 0 Å². The standard InChI is InChI=1S/C18H20N4OS/c1-3-12-8-5-6-9-13(12)20-17(23)15(4-2)24-18-21-14-10-7-11-19-16(14)22-18/h5-11,15H,3-4H2,1-2H3,(H,20,23)(H,19,21,22). The van der Waals surface area contributed by atoms with Gasteiger partial charge in [-0.2, -0.15) is 0 Å². The molecule has 1 amide bonds. The SMILES string of the molecule is CCc1ccccc1NC(=O)C(CC)Sc1nc2ncccc2[nH]1. The monoisotopic (exact) mass is 340 g/mol. The van der Waals surface area contributed by atoms with E-state index in [1.54, 1.807) is 6.20 Å². The third-order valence-electron chi connectivity index (χ3n) is 3.81. The van der Waals surface area contributed by atoms with Crippen LogP contribution in [0.3, 0.4) is 0 Å². The molecule has 3 rings (SSSR count). The highest BCUT2D eigenvalue weighted by molar-refractivity contribution is 8.00. The Bertz CT molecular complexity index is 813. The van der Waals surface area contributed by atoms with E-state index in [0.29, 0.717) is 5.65 Å². The number of pyridine rings is 1. The molecule has 5 nitrogen and oxygen atoms in total. The Kier molecular flexibility index (Phi) is 5.15. The largest absolute Gasteiger partial charge is 0.332 e. The lowest BCUT2D eigenvalue weighted by Crippen LogP contribution is -2.25. The van der Waals surface area contributed by atoms with Crippen molar-refractivity contribution >= 4 is 34.5 Å². The summed E-state index contributed by atoms with van der Waals surface area (Å²) in [6.45, 7) is 4.09. The van der Waals surface area contributed by atoms with E-state index in [9.17, 15) is 4.79 Å². The van der Waals surface area contributed by atoms with E-state index >= 15 is 0 Å². The van der Waals surface area contributed by atoms with Crippen LogP contribution in [0.15, 0.2) is 47.8 Å². The molecule has 2 N–H and O–H groups in total. The first-order valence-electron chi connectivity index (χ1n) is 8.07. The van der Waals surface area contributed by atoms with Crippen LogP contribution in [0.5, 0.6) is 0 Å². The van der Waals surface area contributed by atoms with Crippen molar-refractivity contribution in [2.45, 2.75) is 37.1 Å². The molecule has 1 atom stereocenters. The third-order valence-corrected chi connectivity index (χ3v) is 5.06. The number of nitrogens with one attached hydrogen (secondary N) is 2.